The molecule has 130 valence electrons. The zero-order valence-electron chi connectivity index (χ0n) is 14.0. The first-order valence-corrected chi connectivity index (χ1v) is 8.82. The molecule has 0 fully saturated rings. The second kappa shape index (κ2) is 6.93. The van der Waals surface area contributed by atoms with Crippen molar-refractivity contribution >= 4 is 27.5 Å². The number of carbonyl (C=O) groups excluding carboxylic acids is 1. The molecule has 1 amide bonds. The Hall–Kier alpha value is -3.26. The van der Waals surface area contributed by atoms with Crippen LogP contribution in [0.4, 0.5) is 0 Å². The number of nitrogens with one attached hydrogen (secondary N) is 1. The van der Waals surface area contributed by atoms with Crippen LogP contribution in [0.1, 0.15) is 15.9 Å². The summed E-state index contributed by atoms with van der Waals surface area (Å²) in [7, 11) is 1.93. The van der Waals surface area contributed by atoms with Crippen LogP contribution in [0.2, 0.25) is 0 Å². The molecule has 8 heteroatoms. The van der Waals surface area contributed by atoms with Gasteiger partial charge in [-0.15, -0.1) is 5.10 Å². The molecular formula is C18H16N6OS. The normalized spacial score (nSPS) is 11.8. The quantitative estimate of drug-likeness (QED) is 0.564. The molecule has 4 aromatic rings. The molecule has 0 spiro atoms. The van der Waals surface area contributed by atoms with Crippen molar-refractivity contribution in [2.45, 2.75) is 6.54 Å². The van der Waals surface area contributed by atoms with E-state index in [-0.39, 0.29) is 5.91 Å². The Morgan fingerprint density at radius 3 is 2.73 bits per heavy atom. The highest BCUT2D eigenvalue weighted by Crippen LogP contribution is 2.15. The number of amides is 1. The van der Waals surface area contributed by atoms with Crippen LogP contribution in [-0.4, -0.2) is 25.2 Å². The lowest BCUT2D eigenvalue weighted by Gasteiger charge is -2.03. The van der Waals surface area contributed by atoms with E-state index in [4.69, 9.17) is 0 Å². The number of benzene rings is 2. The van der Waals surface area contributed by atoms with Crippen LogP contribution in [0.25, 0.3) is 10.2 Å². The number of hydrogen-bond acceptors (Lipinski definition) is 5. The first-order chi connectivity index (χ1) is 12.7. The van der Waals surface area contributed by atoms with E-state index >= 15 is 0 Å². The van der Waals surface area contributed by atoms with Crippen molar-refractivity contribution in [3.05, 3.63) is 77.1 Å². The summed E-state index contributed by atoms with van der Waals surface area (Å²) in [5.41, 5.74) is 5.31. The van der Waals surface area contributed by atoms with E-state index in [2.05, 4.69) is 20.6 Å². The van der Waals surface area contributed by atoms with Crippen molar-refractivity contribution in [2.75, 3.05) is 0 Å². The minimum Gasteiger partial charge on any atom is -0.318 e. The Bertz CT molecular complexity index is 1110. The fourth-order valence-corrected chi connectivity index (χ4v) is 3.59. The molecule has 2 aromatic heterocycles. The number of thiazole rings is 1. The minimum atomic E-state index is -0.241. The van der Waals surface area contributed by atoms with Crippen molar-refractivity contribution in [3.63, 3.8) is 0 Å². The zero-order valence-corrected chi connectivity index (χ0v) is 14.8. The van der Waals surface area contributed by atoms with Crippen LogP contribution in [-0.2, 0) is 13.6 Å². The predicted molar refractivity (Wildman–Crippen MR) is 99.4 cm³/mol. The number of carbonyl (C=O) groups is 1. The van der Waals surface area contributed by atoms with Crippen molar-refractivity contribution < 1.29 is 4.79 Å². The summed E-state index contributed by atoms with van der Waals surface area (Å²) >= 11 is 1.53. The van der Waals surface area contributed by atoms with Crippen molar-refractivity contribution in [1.82, 2.24) is 24.8 Å². The molecule has 0 saturated carbocycles. The summed E-state index contributed by atoms with van der Waals surface area (Å²) in [5.74, 6) is -0.241. The van der Waals surface area contributed by atoms with Gasteiger partial charge in [0.2, 0.25) is 4.80 Å². The standard InChI is InChI=1S/C18H16N6OS/c1-23-15-4-2-3-5-16(15)26-18(23)22-21-17(25)14-8-6-13(7-9-14)10-24-12-19-11-20-24/h2-9,11-12H,10H2,1H3,(H,21,25)/b22-18-. The summed E-state index contributed by atoms with van der Waals surface area (Å²) in [5, 5.41) is 8.33. The van der Waals surface area contributed by atoms with Crippen molar-refractivity contribution in [1.29, 1.82) is 0 Å². The molecule has 2 heterocycles. The van der Waals surface area contributed by atoms with Gasteiger partial charge in [0.1, 0.15) is 12.7 Å². The molecule has 26 heavy (non-hydrogen) atoms. The van der Waals surface area contributed by atoms with Crippen LogP contribution in [0, 0.1) is 0 Å². The minimum absolute atomic E-state index is 0.241. The SMILES string of the molecule is Cn1/c(=N/NC(=O)c2ccc(Cn3cncn3)cc2)sc2ccccc21. The molecule has 0 atom stereocenters. The molecule has 0 bridgehead atoms. The molecule has 0 unspecified atom stereocenters. The lowest BCUT2D eigenvalue weighted by atomic mass is 10.1. The number of hydrogen-bond donors (Lipinski definition) is 1. The van der Waals surface area contributed by atoms with Crippen LogP contribution in [0.15, 0.2) is 66.3 Å². The molecule has 0 radical (unpaired) electrons. The molecule has 4 rings (SSSR count). The first kappa shape index (κ1) is 16.2. The van der Waals surface area contributed by atoms with Gasteiger partial charge in [0, 0.05) is 12.6 Å². The van der Waals surface area contributed by atoms with Crippen LogP contribution < -0.4 is 10.2 Å². The van der Waals surface area contributed by atoms with E-state index in [1.165, 1.54) is 17.7 Å². The number of para-hydroxylation sites is 1. The number of nitrogens with zero attached hydrogens (tertiary/aromatic N) is 5. The van der Waals surface area contributed by atoms with E-state index in [0.29, 0.717) is 12.1 Å². The zero-order chi connectivity index (χ0) is 17.9. The van der Waals surface area contributed by atoms with Gasteiger partial charge in [0.25, 0.3) is 5.91 Å². The average molecular weight is 364 g/mol. The smallest absolute Gasteiger partial charge is 0.271 e. The molecule has 1 N–H and O–H groups in total. The van der Waals surface area contributed by atoms with Crippen LogP contribution in [0.5, 0.6) is 0 Å². The van der Waals surface area contributed by atoms with Gasteiger partial charge >= 0.3 is 0 Å². The maximum Gasteiger partial charge on any atom is 0.271 e. The largest absolute Gasteiger partial charge is 0.318 e. The molecule has 2 aromatic carbocycles. The van der Waals surface area contributed by atoms with Gasteiger partial charge in [0.05, 0.1) is 16.8 Å². The van der Waals surface area contributed by atoms with Gasteiger partial charge in [-0.1, -0.05) is 35.6 Å². The highest BCUT2D eigenvalue weighted by Gasteiger charge is 2.06. The van der Waals surface area contributed by atoms with E-state index < -0.39 is 0 Å². The summed E-state index contributed by atoms with van der Waals surface area (Å²) in [4.78, 5) is 17.0. The van der Waals surface area contributed by atoms with E-state index in [9.17, 15) is 4.79 Å². The molecule has 0 aliphatic rings. The van der Waals surface area contributed by atoms with Gasteiger partial charge < -0.3 is 4.57 Å². The van der Waals surface area contributed by atoms with Crippen LogP contribution in [0.3, 0.4) is 0 Å². The monoisotopic (exact) mass is 364 g/mol. The number of fused-ring (bicyclic) bond motifs is 1. The summed E-state index contributed by atoms with van der Waals surface area (Å²) < 4.78 is 4.81. The van der Waals surface area contributed by atoms with Gasteiger partial charge in [-0.2, -0.15) is 5.10 Å². The lowest BCUT2D eigenvalue weighted by molar-refractivity contribution is 0.0953. The second-order valence-corrected chi connectivity index (χ2v) is 6.76. The second-order valence-electron chi connectivity index (χ2n) is 5.75. The van der Waals surface area contributed by atoms with Crippen molar-refractivity contribution in [2.24, 2.45) is 12.1 Å². The Morgan fingerprint density at radius 2 is 2.00 bits per heavy atom. The Labute approximate surface area is 153 Å². The highest BCUT2D eigenvalue weighted by molar-refractivity contribution is 7.16. The van der Waals surface area contributed by atoms with Gasteiger partial charge in [-0.25, -0.2) is 15.1 Å². The van der Waals surface area contributed by atoms with Gasteiger partial charge in [0.15, 0.2) is 0 Å². The molecular weight excluding hydrogens is 348 g/mol. The molecule has 7 nitrogen and oxygen atoms in total. The third-order valence-corrected chi connectivity index (χ3v) is 5.11. The van der Waals surface area contributed by atoms with E-state index in [1.807, 2.05) is 48.0 Å². The van der Waals surface area contributed by atoms with Crippen molar-refractivity contribution in [3.8, 4) is 0 Å². The number of aromatic nitrogens is 4. The topological polar surface area (TPSA) is 77.1 Å². The summed E-state index contributed by atoms with van der Waals surface area (Å²) in [6, 6.07) is 15.4. The first-order valence-electron chi connectivity index (χ1n) is 8.01. The summed E-state index contributed by atoms with van der Waals surface area (Å²) in [6.45, 7) is 0.615. The fraction of sp³-hybridized carbons (Fsp3) is 0.111. The molecule has 0 aliphatic heterocycles. The summed E-state index contributed by atoms with van der Waals surface area (Å²) in [6.07, 6.45) is 3.15. The Kier molecular flexibility index (Phi) is 4.32. The maximum absolute atomic E-state index is 12.3. The third-order valence-electron chi connectivity index (χ3n) is 4.00. The number of aryl methyl sites for hydroxylation is 1. The Morgan fingerprint density at radius 1 is 1.19 bits per heavy atom. The lowest BCUT2D eigenvalue weighted by Crippen LogP contribution is -2.23. The van der Waals surface area contributed by atoms with Crippen LogP contribution >= 0.6 is 11.3 Å². The average Bonchev–Trinajstić information content (AvgIpc) is 3.29. The van der Waals surface area contributed by atoms with Gasteiger partial charge in [-0.3, -0.25) is 4.79 Å². The Balaban J connectivity index is 1.49. The highest BCUT2D eigenvalue weighted by atomic mass is 32.1. The van der Waals surface area contributed by atoms with E-state index in [1.54, 1.807) is 23.1 Å². The van der Waals surface area contributed by atoms with E-state index in [0.717, 1.165) is 20.6 Å². The molecule has 0 saturated heterocycles. The van der Waals surface area contributed by atoms with Gasteiger partial charge in [-0.05, 0) is 29.8 Å². The third kappa shape index (κ3) is 3.27. The predicted octanol–water partition coefficient (Wildman–Crippen LogP) is 2.13. The maximum atomic E-state index is 12.3. The number of rotatable bonds is 4. The molecule has 0 aliphatic carbocycles. The fourth-order valence-electron chi connectivity index (χ4n) is 2.61.